The Bertz CT molecular complexity index is 1040. The summed E-state index contributed by atoms with van der Waals surface area (Å²) in [7, 11) is 0. The van der Waals surface area contributed by atoms with Gasteiger partial charge in [-0.05, 0) is 53.4 Å². The Hall–Kier alpha value is -3.35. The first-order chi connectivity index (χ1) is 16.8. The SMILES string of the molecule is CC(C)CC(NC(=O)C1CCCC1CNC(=O)OCC1c2ccccc2-c2ccccc21)C(=O)O. The maximum Gasteiger partial charge on any atom is 0.407 e. The number of amides is 2. The van der Waals surface area contributed by atoms with E-state index in [-0.39, 0.29) is 36.2 Å². The summed E-state index contributed by atoms with van der Waals surface area (Å²) in [6.07, 6.45) is 2.26. The molecule has 3 unspecified atom stereocenters. The number of nitrogens with one attached hydrogen (secondary N) is 2. The number of hydrogen-bond donors (Lipinski definition) is 3. The molecule has 0 radical (unpaired) electrons. The molecule has 186 valence electrons. The first-order valence-electron chi connectivity index (χ1n) is 12.5. The van der Waals surface area contributed by atoms with Crippen LogP contribution in [0.3, 0.4) is 0 Å². The van der Waals surface area contributed by atoms with Gasteiger partial charge in [-0.25, -0.2) is 9.59 Å². The van der Waals surface area contributed by atoms with E-state index in [1.165, 1.54) is 11.1 Å². The zero-order valence-corrected chi connectivity index (χ0v) is 20.3. The van der Waals surface area contributed by atoms with Gasteiger partial charge in [-0.15, -0.1) is 0 Å². The summed E-state index contributed by atoms with van der Waals surface area (Å²) in [6, 6.07) is 15.5. The number of fused-ring (bicyclic) bond motifs is 3. The summed E-state index contributed by atoms with van der Waals surface area (Å²) in [5, 5.41) is 15.0. The molecule has 2 aromatic carbocycles. The molecule has 0 bridgehead atoms. The Morgan fingerprint density at radius 2 is 1.63 bits per heavy atom. The van der Waals surface area contributed by atoms with Crippen LogP contribution in [0, 0.1) is 17.8 Å². The van der Waals surface area contributed by atoms with Crippen molar-refractivity contribution in [3.05, 3.63) is 59.7 Å². The summed E-state index contributed by atoms with van der Waals surface area (Å²) >= 11 is 0. The molecule has 0 heterocycles. The van der Waals surface area contributed by atoms with E-state index in [1.807, 2.05) is 38.1 Å². The Labute approximate surface area is 206 Å². The molecule has 3 N–H and O–H groups in total. The van der Waals surface area contributed by atoms with Crippen molar-refractivity contribution < 1.29 is 24.2 Å². The van der Waals surface area contributed by atoms with Crippen LogP contribution in [0.15, 0.2) is 48.5 Å². The number of rotatable bonds is 9. The van der Waals surface area contributed by atoms with Crippen LogP contribution in [0.5, 0.6) is 0 Å². The number of ether oxygens (including phenoxy) is 1. The minimum atomic E-state index is -1.02. The smallest absolute Gasteiger partial charge is 0.407 e. The molecule has 0 spiro atoms. The summed E-state index contributed by atoms with van der Waals surface area (Å²) < 4.78 is 5.61. The zero-order chi connectivity index (χ0) is 24.9. The van der Waals surface area contributed by atoms with E-state index in [0.29, 0.717) is 19.4 Å². The number of carboxylic acids is 1. The van der Waals surface area contributed by atoms with Crippen LogP contribution >= 0.6 is 0 Å². The molecule has 35 heavy (non-hydrogen) atoms. The molecule has 0 saturated heterocycles. The van der Waals surface area contributed by atoms with E-state index in [1.54, 1.807) is 0 Å². The van der Waals surface area contributed by atoms with Gasteiger partial charge in [0, 0.05) is 18.4 Å². The first kappa shape index (κ1) is 24.8. The standard InChI is InChI=1S/C28H34N2O5/c1-17(2)14-25(27(32)33)30-26(31)19-13-7-8-18(19)15-29-28(34)35-16-24-22-11-5-3-9-20(22)21-10-4-6-12-23(21)24/h3-6,9-12,17-19,24-25H,7-8,13-16H2,1-2H3,(H,29,34)(H,30,31)(H,32,33). The molecule has 2 amide bonds. The summed E-state index contributed by atoms with van der Waals surface area (Å²) in [5.74, 6) is -1.45. The molecule has 3 atom stereocenters. The number of carbonyl (C=O) groups is 3. The van der Waals surface area contributed by atoms with Crippen molar-refractivity contribution in [2.24, 2.45) is 17.8 Å². The third-order valence-electron chi connectivity index (χ3n) is 7.17. The molecule has 7 nitrogen and oxygen atoms in total. The van der Waals surface area contributed by atoms with Crippen molar-refractivity contribution in [2.75, 3.05) is 13.2 Å². The van der Waals surface area contributed by atoms with Gasteiger partial charge in [0.15, 0.2) is 0 Å². The van der Waals surface area contributed by atoms with Gasteiger partial charge in [0.2, 0.25) is 5.91 Å². The second kappa shape index (κ2) is 10.9. The van der Waals surface area contributed by atoms with E-state index < -0.39 is 18.1 Å². The molecule has 4 rings (SSSR count). The van der Waals surface area contributed by atoms with Crippen LogP contribution in [-0.4, -0.2) is 42.3 Å². The van der Waals surface area contributed by atoms with Crippen LogP contribution < -0.4 is 10.6 Å². The second-order valence-corrected chi connectivity index (χ2v) is 10.0. The van der Waals surface area contributed by atoms with Crippen LogP contribution in [0.25, 0.3) is 11.1 Å². The highest BCUT2D eigenvalue weighted by molar-refractivity contribution is 5.85. The Balaban J connectivity index is 1.30. The lowest BCUT2D eigenvalue weighted by molar-refractivity contribution is -0.143. The number of hydrogen-bond acceptors (Lipinski definition) is 4. The monoisotopic (exact) mass is 478 g/mol. The third-order valence-corrected chi connectivity index (χ3v) is 7.17. The van der Waals surface area contributed by atoms with Crippen LogP contribution in [0.4, 0.5) is 4.79 Å². The summed E-state index contributed by atoms with van der Waals surface area (Å²) in [4.78, 5) is 36.9. The average molecular weight is 479 g/mol. The number of benzene rings is 2. The van der Waals surface area contributed by atoms with Crippen molar-refractivity contribution in [1.29, 1.82) is 0 Å². The van der Waals surface area contributed by atoms with E-state index in [0.717, 1.165) is 24.0 Å². The Morgan fingerprint density at radius 3 is 2.23 bits per heavy atom. The number of carboxylic acid groups (broad SMARTS) is 1. The fourth-order valence-electron chi connectivity index (χ4n) is 5.46. The van der Waals surface area contributed by atoms with Gasteiger partial charge >= 0.3 is 12.1 Å². The van der Waals surface area contributed by atoms with Gasteiger partial charge in [0.05, 0.1) is 0 Å². The maximum atomic E-state index is 12.8. The Morgan fingerprint density at radius 1 is 1.00 bits per heavy atom. The molecule has 1 saturated carbocycles. The van der Waals surface area contributed by atoms with E-state index >= 15 is 0 Å². The molecule has 1 fully saturated rings. The lowest BCUT2D eigenvalue weighted by Gasteiger charge is -2.23. The predicted octanol–water partition coefficient (Wildman–Crippen LogP) is 4.56. The highest BCUT2D eigenvalue weighted by Gasteiger charge is 2.35. The highest BCUT2D eigenvalue weighted by atomic mass is 16.5. The topological polar surface area (TPSA) is 105 Å². The second-order valence-electron chi connectivity index (χ2n) is 10.0. The number of alkyl carbamates (subject to hydrolysis) is 1. The largest absolute Gasteiger partial charge is 0.480 e. The lowest BCUT2D eigenvalue weighted by Crippen LogP contribution is -2.46. The fourth-order valence-corrected chi connectivity index (χ4v) is 5.46. The number of aliphatic carboxylic acids is 1. The van der Waals surface area contributed by atoms with Gasteiger partial charge in [-0.3, -0.25) is 4.79 Å². The molecular formula is C28H34N2O5. The molecule has 0 aliphatic heterocycles. The minimum Gasteiger partial charge on any atom is -0.480 e. The maximum absolute atomic E-state index is 12.8. The normalized spacial score (nSPS) is 19.6. The van der Waals surface area contributed by atoms with Crippen molar-refractivity contribution in [1.82, 2.24) is 10.6 Å². The van der Waals surface area contributed by atoms with Gasteiger partial charge < -0.3 is 20.5 Å². The predicted molar refractivity (Wildman–Crippen MR) is 133 cm³/mol. The molecule has 2 aliphatic carbocycles. The lowest BCUT2D eigenvalue weighted by atomic mass is 9.94. The fraction of sp³-hybridized carbons (Fsp3) is 0.464. The van der Waals surface area contributed by atoms with E-state index in [2.05, 4.69) is 34.9 Å². The van der Waals surface area contributed by atoms with E-state index in [9.17, 15) is 19.5 Å². The molecule has 0 aromatic heterocycles. The molecule has 2 aromatic rings. The van der Waals surface area contributed by atoms with Gasteiger partial charge in [0.1, 0.15) is 12.6 Å². The van der Waals surface area contributed by atoms with Gasteiger partial charge in [-0.1, -0.05) is 68.8 Å². The quantitative estimate of drug-likeness (QED) is 0.490. The van der Waals surface area contributed by atoms with Crippen LogP contribution in [-0.2, 0) is 14.3 Å². The van der Waals surface area contributed by atoms with Crippen LogP contribution in [0.1, 0.15) is 56.6 Å². The van der Waals surface area contributed by atoms with Crippen molar-refractivity contribution in [3.63, 3.8) is 0 Å². The van der Waals surface area contributed by atoms with Crippen molar-refractivity contribution >= 4 is 18.0 Å². The highest BCUT2D eigenvalue weighted by Crippen LogP contribution is 2.44. The summed E-state index contributed by atoms with van der Waals surface area (Å²) in [6.45, 7) is 4.43. The minimum absolute atomic E-state index is 0.00735. The van der Waals surface area contributed by atoms with Gasteiger partial charge in [-0.2, -0.15) is 0 Å². The first-order valence-corrected chi connectivity index (χ1v) is 12.5. The van der Waals surface area contributed by atoms with Gasteiger partial charge in [0.25, 0.3) is 0 Å². The third kappa shape index (κ3) is 5.66. The zero-order valence-electron chi connectivity index (χ0n) is 20.3. The average Bonchev–Trinajstić information content (AvgIpc) is 3.43. The molecule has 7 heteroatoms. The van der Waals surface area contributed by atoms with Crippen molar-refractivity contribution in [3.8, 4) is 11.1 Å². The number of carbonyl (C=O) groups excluding carboxylic acids is 2. The van der Waals surface area contributed by atoms with Crippen LogP contribution in [0.2, 0.25) is 0 Å². The molecular weight excluding hydrogens is 444 g/mol. The van der Waals surface area contributed by atoms with Crippen molar-refractivity contribution in [2.45, 2.75) is 51.5 Å². The van der Waals surface area contributed by atoms with E-state index in [4.69, 9.17) is 4.74 Å². The molecule has 2 aliphatic rings. The summed E-state index contributed by atoms with van der Waals surface area (Å²) in [5.41, 5.74) is 4.66. The Kier molecular flexibility index (Phi) is 7.73.